The first-order valence-electron chi connectivity index (χ1n) is 7.01. The molecule has 0 aromatic carbocycles. The van der Waals surface area contributed by atoms with Crippen molar-refractivity contribution in [3.8, 4) is 0 Å². The number of aliphatic carboxylic acids is 1. The highest BCUT2D eigenvalue weighted by molar-refractivity contribution is 5.75. The average Bonchev–Trinajstić information content (AvgIpc) is 2.38. The molecule has 0 fully saturated rings. The average molecular weight is 273 g/mol. The number of carbonyl (C=O) groups excluding carboxylic acids is 1. The summed E-state index contributed by atoms with van der Waals surface area (Å²) in [5, 5.41) is 14.2. The molecule has 0 saturated carbocycles. The van der Waals surface area contributed by atoms with Crippen LogP contribution in [-0.2, 0) is 4.79 Å². The van der Waals surface area contributed by atoms with Gasteiger partial charge in [0, 0.05) is 19.6 Å². The van der Waals surface area contributed by atoms with Gasteiger partial charge >= 0.3 is 12.0 Å². The molecule has 6 heteroatoms. The second kappa shape index (κ2) is 10.6. The topological polar surface area (TPSA) is 81.7 Å². The Morgan fingerprint density at radius 2 is 1.84 bits per heavy atom. The highest BCUT2D eigenvalue weighted by atomic mass is 16.4. The highest BCUT2D eigenvalue weighted by Crippen LogP contribution is 1.99. The summed E-state index contributed by atoms with van der Waals surface area (Å²) in [7, 11) is 0. The van der Waals surface area contributed by atoms with Crippen molar-refractivity contribution in [2.45, 2.75) is 33.6 Å². The molecule has 112 valence electrons. The van der Waals surface area contributed by atoms with E-state index in [2.05, 4.69) is 29.4 Å². The molecule has 0 spiro atoms. The fourth-order valence-corrected chi connectivity index (χ4v) is 1.76. The van der Waals surface area contributed by atoms with Crippen molar-refractivity contribution in [3.05, 3.63) is 0 Å². The fourth-order valence-electron chi connectivity index (χ4n) is 1.76. The molecule has 6 nitrogen and oxygen atoms in total. The van der Waals surface area contributed by atoms with E-state index in [1.54, 1.807) is 6.92 Å². The quantitative estimate of drug-likeness (QED) is 0.557. The zero-order valence-corrected chi connectivity index (χ0v) is 12.2. The first-order chi connectivity index (χ1) is 9.04. The van der Waals surface area contributed by atoms with Gasteiger partial charge in [-0.1, -0.05) is 20.8 Å². The summed E-state index contributed by atoms with van der Waals surface area (Å²) in [6.07, 6.45) is 1.60. The van der Waals surface area contributed by atoms with Crippen molar-refractivity contribution in [1.82, 2.24) is 15.5 Å². The molecule has 0 aliphatic heterocycles. The van der Waals surface area contributed by atoms with Gasteiger partial charge in [0.15, 0.2) is 0 Å². The lowest BCUT2D eigenvalue weighted by Gasteiger charge is -2.19. The minimum atomic E-state index is -0.872. The minimum Gasteiger partial charge on any atom is -0.481 e. The number of nitrogens with zero attached hydrogens (tertiary/aromatic N) is 1. The van der Waals surface area contributed by atoms with Gasteiger partial charge in [-0.15, -0.1) is 0 Å². The summed E-state index contributed by atoms with van der Waals surface area (Å²) < 4.78 is 0. The van der Waals surface area contributed by atoms with Gasteiger partial charge < -0.3 is 20.6 Å². The van der Waals surface area contributed by atoms with E-state index in [-0.39, 0.29) is 12.6 Å². The van der Waals surface area contributed by atoms with E-state index in [0.29, 0.717) is 13.0 Å². The van der Waals surface area contributed by atoms with Crippen molar-refractivity contribution in [1.29, 1.82) is 0 Å². The molecule has 2 amide bonds. The summed E-state index contributed by atoms with van der Waals surface area (Å²) in [5.74, 6) is -1.39. The lowest BCUT2D eigenvalue weighted by Crippen LogP contribution is -2.42. The van der Waals surface area contributed by atoms with Crippen molar-refractivity contribution in [3.63, 3.8) is 0 Å². The number of carboxylic acids is 1. The fraction of sp³-hybridized carbons (Fsp3) is 0.846. The molecule has 0 radical (unpaired) electrons. The van der Waals surface area contributed by atoms with Crippen molar-refractivity contribution in [2.75, 3.05) is 32.7 Å². The molecule has 0 heterocycles. The zero-order valence-electron chi connectivity index (χ0n) is 12.2. The van der Waals surface area contributed by atoms with Gasteiger partial charge in [-0.05, 0) is 25.9 Å². The molecule has 0 aliphatic rings. The highest BCUT2D eigenvalue weighted by Gasteiger charge is 2.15. The van der Waals surface area contributed by atoms with Gasteiger partial charge in [-0.3, -0.25) is 4.79 Å². The first kappa shape index (κ1) is 17.7. The van der Waals surface area contributed by atoms with Crippen LogP contribution in [0.2, 0.25) is 0 Å². The zero-order chi connectivity index (χ0) is 14.7. The standard InChI is InChI=1S/C13H27N3O3/c1-4-8-16(6-3)9-7-14-13(19)15-10-11(5-2)12(17)18/h11H,4-10H2,1-3H3,(H,17,18)(H2,14,15,19). The number of hydrogen-bond acceptors (Lipinski definition) is 3. The van der Waals surface area contributed by atoms with Gasteiger partial charge in [0.2, 0.25) is 0 Å². The number of nitrogens with one attached hydrogen (secondary N) is 2. The van der Waals surface area contributed by atoms with Crippen LogP contribution >= 0.6 is 0 Å². The minimum absolute atomic E-state index is 0.171. The van der Waals surface area contributed by atoms with E-state index in [0.717, 1.165) is 26.1 Å². The molecule has 0 saturated heterocycles. The number of rotatable bonds is 10. The normalized spacial score (nSPS) is 12.2. The van der Waals surface area contributed by atoms with Crippen LogP contribution in [0.4, 0.5) is 4.79 Å². The molecular formula is C13H27N3O3. The molecule has 0 bridgehead atoms. The number of urea groups is 1. The van der Waals surface area contributed by atoms with Crippen molar-refractivity contribution in [2.24, 2.45) is 5.92 Å². The van der Waals surface area contributed by atoms with Gasteiger partial charge in [0.25, 0.3) is 0 Å². The van der Waals surface area contributed by atoms with E-state index in [9.17, 15) is 9.59 Å². The Balaban J connectivity index is 3.77. The van der Waals surface area contributed by atoms with Crippen LogP contribution in [0.1, 0.15) is 33.6 Å². The van der Waals surface area contributed by atoms with Crippen LogP contribution < -0.4 is 10.6 Å². The third-order valence-electron chi connectivity index (χ3n) is 3.05. The second-order valence-electron chi connectivity index (χ2n) is 4.51. The Hall–Kier alpha value is -1.30. The van der Waals surface area contributed by atoms with E-state index < -0.39 is 11.9 Å². The maximum absolute atomic E-state index is 11.5. The Bertz CT molecular complexity index is 272. The predicted octanol–water partition coefficient (Wildman–Crippen LogP) is 1.13. The molecule has 0 aromatic heterocycles. The van der Waals surface area contributed by atoms with Gasteiger partial charge in [-0.2, -0.15) is 0 Å². The number of likely N-dealkylation sites (N-methyl/N-ethyl adjacent to an activating group) is 1. The third-order valence-corrected chi connectivity index (χ3v) is 3.05. The van der Waals surface area contributed by atoms with Crippen LogP contribution in [0.25, 0.3) is 0 Å². The van der Waals surface area contributed by atoms with Crippen molar-refractivity contribution >= 4 is 12.0 Å². The van der Waals surface area contributed by atoms with Gasteiger partial charge in [0.1, 0.15) is 0 Å². The van der Waals surface area contributed by atoms with Crippen LogP contribution in [-0.4, -0.2) is 54.7 Å². The first-order valence-corrected chi connectivity index (χ1v) is 7.01. The third kappa shape index (κ3) is 8.42. The number of carboxylic acid groups (broad SMARTS) is 1. The van der Waals surface area contributed by atoms with Crippen LogP contribution in [0.5, 0.6) is 0 Å². The monoisotopic (exact) mass is 273 g/mol. The van der Waals surface area contributed by atoms with Crippen molar-refractivity contribution < 1.29 is 14.7 Å². The Morgan fingerprint density at radius 3 is 2.32 bits per heavy atom. The largest absolute Gasteiger partial charge is 0.481 e. The Morgan fingerprint density at radius 1 is 1.16 bits per heavy atom. The van der Waals surface area contributed by atoms with Gasteiger partial charge in [-0.25, -0.2) is 4.79 Å². The van der Waals surface area contributed by atoms with Crippen LogP contribution in [0, 0.1) is 5.92 Å². The number of hydrogen-bond donors (Lipinski definition) is 3. The summed E-state index contributed by atoms with van der Waals surface area (Å²) in [6, 6.07) is -0.299. The summed E-state index contributed by atoms with van der Waals surface area (Å²) >= 11 is 0. The second-order valence-corrected chi connectivity index (χ2v) is 4.51. The lowest BCUT2D eigenvalue weighted by atomic mass is 10.1. The van der Waals surface area contributed by atoms with E-state index in [1.165, 1.54) is 0 Å². The van der Waals surface area contributed by atoms with E-state index in [4.69, 9.17) is 5.11 Å². The predicted molar refractivity (Wildman–Crippen MR) is 75.2 cm³/mol. The molecule has 19 heavy (non-hydrogen) atoms. The lowest BCUT2D eigenvalue weighted by molar-refractivity contribution is -0.141. The number of carbonyl (C=O) groups is 2. The van der Waals surface area contributed by atoms with Crippen LogP contribution in [0.15, 0.2) is 0 Å². The summed E-state index contributed by atoms with van der Waals surface area (Å²) in [6.45, 7) is 9.56. The molecular weight excluding hydrogens is 246 g/mol. The van der Waals surface area contributed by atoms with E-state index >= 15 is 0 Å². The molecule has 1 atom stereocenters. The van der Waals surface area contributed by atoms with E-state index in [1.807, 2.05) is 0 Å². The smallest absolute Gasteiger partial charge is 0.314 e. The van der Waals surface area contributed by atoms with Crippen LogP contribution in [0.3, 0.4) is 0 Å². The Kier molecular flexibility index (Phi) is 9.88. The summed E-state index contributed by atoms with van der Waals surface area (Å²) in [4.78, 5) is 24.5. The maximum Gasteiger partial charge on any atom is 0.314 e. The molecule has 0 rings (SSSR count). The number of amides is 2. The maximum atomic E-state index is 11.5. The SMILES string of the molecule is CCCN(CC)CCNC(=O)NCC(CC)C(=O)O. The van der Waals surface area contributed by atoms with Gasteiger partial charge in [0.05, 0.1) is 5.92 Å². The molecule has 1 unspecified atom stereocenters. The molecule has 0 aliphatic carbocycles. The Labute approximate surface area is 115 Å². The molecule has 0 aromatic rings. The molecule has 3 N–H and O–H groups in total. The summed E-state index contributed by atoms with van der Waals surface area (Å²) in [5.41, 5.74) is 0.